The summed E-state index contributed by atoms with van der Waals surface area (Å²) in [6.07, 6.45) is 4.38. The lowest BCUT2D eigenvalue weighted by molar-refractivity contribution is -0.142. The van der Waals surface area contributed by atoms with Crippen molar-refractivity contribution in [1.82, 2.24) is 4.57 Å². The van der Waals surface area contributed by atoms with E-state index in [1.54, 1.807) is 54.3 Å². The molecule has 2 heterocycles. The van der Waals surface area contributed by atoms with Crippen LogP contribution >= 0.6 is 0 Å². The molecule has 2 aromatic heterocycles. The van der Waals surface area contributed by atoms with Crippen molar-refractivity contribution in [2.45, 2.75) is 20.4 Å². The van der Waals surface area contributed by atoms with Gasteiger partial charge in [-0.2, -0.15) is 5.26 Å². The normalized spacial score (nSPS) is 10.7. The van der Waals surface area contributed by atoms with Crippen LogP contribution in [0.5, 0.6) is 5.75 Å². The highest BCUT2D eigenvalue weighted by Crippen LogP contribution is 2.27. The summed E-state index contributed by atoms with van der Waals surface area (Å²) in [7, 11) is 1.57. The Bertz CT molecular complexity index is 1170. The molecular formula is C24H23N3O5. The molecule has 8 heteroatoms. The Morgan fingerprint density at radius 1 is 1.22 bits per heavy atom. The minimum Gasteiger partial charge on any atom is -0.497 e. The van der Waals surface area contributed by atoms with E-state index in [9.17, 15) is 14.9 Å². The van der Waals surface area contributed by atoms with E-state index >= 15 is 0 Å². The molecule has 8 nitrogen and oxygen atoms in total. The largest absolute Gasteiger partial charge is 0.497 e. The predicted molar refractivity (Wildman–Crippen MR) is 118 cm³/mol. The molecule has 0 atom stereocenters. The molecule has 0 bridgehead atoms. The maximum Gasteiger partial charge on any atom is 0.331 e. The third kappa shape index (κ3) is 5.26. The smallest absolute Gasteiger partial charge is 0.331 e. The van der Waals surface area contributed by atoms with Gasteiger partial charge in [-0.1, -0.05) is 12.1 Å². The molecular weight excluding hydrogens is 410 g/mol. The zero-order valence-electron chi connectivity index (χ0n) is 18.0. The first kappa shape index (κ1) is 22.4. The maximum absolute atomic E-state index is 12.4. The minimum atomic E-state index is -0.658. The Balaban J connectivity index is 1.64. The number of ether oxygens (including phenoxy) is 2. The molecule has 0 saturated heterocycles. The van der Waals surface area contributed by atoms with Crippen molar-refractivity contribution < 1.29 is 23.5 Å². The third-order valence-corrected chi connectivity index (χ3v) is 4.97. The van der Waals surface area contributed by atoms with E-state index in [1.807, 2.05) is 19.9 Å². The van der Waals surface area contributed by atoms with Crippen molar-refractivity contribution in [3.63, 3.8) is 0 Å². The van der Waals surface area contributed by atoms with E-state index in [1.165, 1.54) is 6.08 Å². The van der Waals surface area contributed by atoms with E-state index in [0.717, 1.165) is 16.8 Å². The lowest BCUT2D eigenvalue weighted by Crippen LogP contribution is -2.22. The van der Waals surface area contributed by atoms with Crippen molar-refractivity contribution >= 4 is 23.8 Å². The highest BCUT2D eigenvalue weighted by molar-refractivity contribution is 5.95. The average Bonchev–Trinajstić information content (AvgIpc) is 3.39. The van der Waals surface area contributed by atoms with Gasteiger partial charge in [-0.3, -0.25) is 4.79 Å². The Morgan fingerprint density at radius 2 is 1.97 bits per heavy atom. The van der Waals surface area contributed by atoms with Crippen LogP contribution in [0.4, 0.5) is 5.82 Å². The molecule has 0 radical (unpaired) electrons. The zero-order valence-corrected chi connectivity index (χ0v) is 18.0. The van der Waals surface area contributed by atoms with Crippen molar-refractivity contribution in [2.24, 2.45) is 0 Å². The fourth-order valence-electron chi connectivity index (χ4n) is 3.12. The lowest BCUT2D eigenvalue weighted by atomic mass is 10.2. The maximum atomic E-state index is 12.4. The highest BCUT2D eigenvalue weighted by atomic mass is 16.5. The number of hydrogen-bond donors (Lipinski definition) is 1. The Hall–Kier alpha value is -4.25. The predicted octanol–water partition coefficient (Wildman–Crippen LogP) is 3.82. The van der Waals surface area contributed by atoms with Crippen LogP contribution in [0, 0.1) is 25.2 Å². The number of anilines is 1. The van der Waals surface area contributed by atoms with Crippen LogP contribution in [-0.2, 0) is 20.9 Å². The highest BCUT2D eigenvalue weighted by Gasteiger charge is 2.20. The molecule has 3 rings (SSSR count). The second kappa shape index (κ2) is 10.2. The molecule has 0 saturated carbocycles. The molecule has 0 aliphatic heterocycles. The van der Waals surface area contributed by atoms with Gasteiger partial charge in [-0.25, -0.2) is 4.79 Å². The summed E-state index contributed by atoms with van der Waals surface area (Å²) in [5.41, 5.74) is 2.72. The molecule has 0 unspecified atom stereocenters. The molecule has 1 amide bonds. The molecule has 0 spiro atoms. The summed E-state index contributed by atoms with van der Waals surface area (Å²) in [5.74, 6) is 0.521. The van der Waals surface area contributed by atoms with Crippen molar-refractivity contribution in [3.8, 4) is 11.8 Å². The Morgan fingerprint density at radius 3 is 2.59 bits per heavy atom. The summed E-state index contributed by atoms with van der Waals surface area (Å²) in [6, 6.07) is 12.8. The van der Waals surface area contributed by atoms with Crippen LogP contribution in [-0.4, -0.2) is 30.2 Å². The SMILES string of the molecule is COc1ccc(C=CC(=O)OCC(=O)Nc2c(C#N)c(C)c(C)n2Cc2ccco2)cc1. The van der Waals surface area contributed by atoms with Gasteiger partial charge in [0.05, 0.1) is 25.5 Å². The molecule has 1 N–H and O–H groups in total. The van der Waals surface area contributed by atoms with Gasteiger partial charge >= 0.3 is 5.97 Å². The van der Waals surface area contributed by atoms with Crippen LogP contribution in [0.3, 0.4) is 0 Å². The van der Waals surface area contributed by atoms with Gasteiger partial charge in [-0.05, 0) is 55.3 Å². The number of nitriles is 1. The number of hydrogen-bond acceptors (Lipinski definition) is 6. The van der Waals surface area contributed by atoms with Gasteiger partial charge in [0, 0.05) is 11.8 Å². The Labute approximate surface area is 185 Å². The fraction of sp³-hybridized carbons (Fsp3) is 0.208. The summed E-state index contributed by atoms with van der Waals surface area (Å²) in [4.78, 5) is 24.4. The van der Waals surface area contributed by atoms with Crippen LogP contribution in [0.2, 0.25) is 0 Å². The van der Waals surface area contributed by atoms with Gasteiger partial charge in [0.15, 0.2) is 6.61 Å². The monoisotopic (exact) mass is 433 g/mol. The lowest BCUT2D eigenvalue weighted by Gasteiger charge is -2.12. The second-order valence-electron chi connectivity index (χ2n) is 6.97. The quantitative estimate of drug-likeness (QED) is 0.428. The molecule has 32 heavy (non-hydrogen) atoms. The molecule has 3 aromatic rings. The second-order valence-corrected chi connectivity index (χ2v) is 6.97. The molecule has 0 aliphatic rings. The molecule has 164 valence electrons. The van der Waals surface area contributed by atoms with Crippen molar-refractivity contribution in [2.75, 3.05) is 19.0 Å². The van der Waals surface area contributed by atoms with Crippen LogP contribution < -0.4 is 10.1 Å². The van der Waals surface area contributed by atoms with Gasteiger partial charge in [0.2, 0.25) is 0 Å². The number of nitrogens with zero attached hydrogens (tertiary/aromatic N) is 2. The number of carbonyl (C=O) groups excluding carboxylic acids is 2. The van der Waals surface area contributed by atoms with Crippen molar-refractivity contribution in [1.29, 1.82) is 5.26 Å². The van der Waals surface area contributed by atoms with E-state index in [4.69, 9.17) is 13.9 Å². The number of nitrogens with one attached hydrogen (secondary N) is 1. The first-order valence-corrected chi connectivity index (χ1v) is 9.83. The van der Waals surface area contributed by atoms with Crippen LogP contribution in [0.25, 0.3) is 6.08 Å². The first-order chi connectivity index (χ1) is 15.4. The minimum absolute atomic E-state index is 0.341. The number of aromatic nitrogens is 1. The van der Waals surface area contributed by atoms with E-state index in [2.05, 4.69) is 11.4 Å². The van der Waals surface area contributed by atoms with Gasteiger partial charge in [0.25, 0.3) is 5.91 Å². The van der Waals surface area contributed by atoms with Gasteiger partial charge in [0.1, 0.15) is 23.4 Å². The van der Waals surface area contributed by atoms with E-state index in [-0.39, 0.29) is 0 Å². The third-order valence-electron chi connectivity index (χ3n) is 4.97. The summed E-state index contributed by atoms with van der Waals surface area (Å²) in [6.45, 7) is 3.53. The summed E-state index contributed by atoms with van der Waals surface area (Å²) < 4.78 is 17.3. The first-order valence-electron chi connectivity index (χ1n) is 9.83. The number of methoxy groups -OCH3 is 1. The topological polar surface area (TPSA) is 106 Å². The number of amides is 1. The van der Waals surface area contributed by atoms with Gasteiger partial charge < -0.3 is 23.8 Å². The van der Waals surface area contributed by atoms with Crippen LogP contribution in [0.1, 0.15) is 28.1 Å². The number of furan rings is 1. The number of carbonyl (C=O) groups is 2. The van der Waals surface area contributed by atoms with E-state index in [0.29, 0.717) is 29.4 Å². The molecule has 0 fully saturated rings. The standard InChI is InChI=1S/C24H23N3O5/c1-16-17(2)27(14-20-5-4-12-31-20)24(21(16)13-25)26-22(28)15-32-23(29)11-8-18-6-9-19(30-3)10-7-18/h4-12H,14-15H2,1-3H3,(H,26,28). The number of benzene rings is 1. The number of esters is 1. The van der Waals surface area contributed by atoms with Crippen molar-refractivity contribution in [3.05, 3.63) is 76.9 Å². The average molecular weight is 433 g/mol. The molecule has 0 aliphatic carbocycles. The summed E-state index contributed by atoms with van der Waals surface area (Å²) in [5, 5.41) is 12.3. The summed E-state index contributed by atoms with van der Waals surface area (Å²) >= 11 is 0. The Kier molecular flexibility index (Phi) is 7.13. The van der Waals surface area contributed by atoms with E-state index < -0.39 is 18.5 Å². The van der Waals surface area contributed by atoms with Gasteiger partial charge in [-0.15, -0.1) is 0 Å². The fourth-order valence-corrected chi connectivity index (χ4v) is 3.12. The molecule has 1 aromatic carbocycles. The zero-order chi connectivity index (χ0) is 23.1. The number of rotatable bonds is 8. The van der Waals surface area contributed by atoms with Crippen LogP contribution in [0.15, 0.2) is 53.2 Å².